The second kappa shape index (κ2) is 5.79. The normalized spacial score (nSPS) is 14.6. The summed E-state index contributed by atoms with van der Waals surface area (Å²) in [4.78, 5) is 0. The summed E-state index contributed by atoms with van der Waals surface area (Å²) in [5.41, 5.74) is 0. The molecule has 0 aliphatic carbocycles. The second-order valence-corrected chi connectivity index (χ2v) is 6.76. The predicted octanol–water partition coefficient (Wildman–Crippen LogP) is 0.778. The summed E-state index contributed by atoms with van der Waals surface area (Å²) in [6.07, 6.45) is 0.664. The highest BCUT2D eigenvalue weighted by Gasteiger charge is 2.09. The lowest BCUT2D eigenvalue weighted by Crippen LogP contribution is -2.13. The van der Waals surface area contributed by atoms with Crippen molar-refractivity contribution >= 4 is 15.0 Å². The van der Waals surface area contributed by atoms with Gasteiger partial charge >= 0.3 is 0 Å². The summed E-state index contributed by atoms with van der Waals surface area (Å²) < 4.78 is 16.3. The van der Waals surface area contributed by atoms with Gasteiger partial charge < -0.3 is 14.4 Å². The first-order chi connectivity index (χ1) is 5.49. The number of ether oxygens (including phenoxy) is 1. The molecule has 0 aromatic rings. The van der Waals surface area contributed by atoms with Crippen LogP contribution in [0.4, 0.5) is 0 Å². The smallest absolute Gasteiger partial charge is 0.106 e. The van der Waals surface area contributed by atoms with Gasteiger partial charge in [0.05, 0.1) is 20.8 Å². The van der Waals surface area contributed by atoms with Gasteiger partial charge in [0.1, 0.15) is 7.14 Å². The van der Waals surface area contributed by atoms with Crippen LogP contribution in [-0.2, 0) is 9.30 Å². The molecule has 1 N–H and O–H groups in total. The summed E-state index contributed by atoms with van der Waals surface area (Å²) in [5.74, 6) is -0.0310. The van der Waals surface area contributed by atoms with Gasteiger partial charge in [-0.15, -0.1) is 0 Å². The van der Waals surface area contributed by atoms with Crippen LogP contribution in [0.25, 0.3) is 0 Å². The Kier molecular flexibility index (Phi) is 5.90. The molecule has 1 atom stereocenters. The number of hydrogen-bond acceptors (Lipinski definition) is 3. The zero-order valence-corrected chi connectivity index (χ0v) is 8.59. The minimum absolute atomic E-state index is 0.0221. The average Bonchev–Trinajstić information content (AvgIpc) is 1.96. The minimum atomic E-state index is -2.09. The lowest BCUT2D eigenvalue weighted by atomic mass is 9.93. The predicted molar refractivity (Wildman–Crippen MR) is 51.4 cm³/mol. The van der Waals surface area contributed by atoms with E-state index in [1.807, 2.05) is 0 Å². The standard InChI is InChI=1S/C7H16BO3P/c1-12(2,10)6-11-5-7(3-8)4-9/h7,9H,3-6H2,1-2H3. The van der Waals surface area contributed by atoms with E-state index in [9.17, 15) is 4.57 Å². The molecule has 0 aromatic carbocycles. The Morgan fingerprint density at radius 3 is 2.50 bits per heavy atom. The monoisotopic (exact) mass is 190 g/mol. The third kappa shape index (κ3) is 6.90. The van der Waals surface area contributed by atoms with Gasteiger partial charge in [-0.2, -0.15) is 0 Å². The molecular weight excluding hydrogens is 174 g/mol. The van der Waals surface area contributed by atoms with E-state index in [0.29, 0.717) is 12.9 Å². The van der Waals surface area contributed by atoms with Gasteiger partial charge in [-0.1, -0.05) is 6.32 Å². The Hall–Kier alpha value is 0.215. The van der Waals surface area contributed by atoms with Crippen molar-refractivity contribution < 1.29 is 14.4 Å². The fourth-order valence-corrected chi connectivity index (χ4v) is 1.18. The SMILES string of the molecule is [B]CC(CO)COCP(C)(C)=O. The molecule has 1 unspecified atom stereocenters. The van der Waals surface area contributed by atoms with Crippen LogP contribution in [-0.4, -0.2) is 45.8 Å². The molecule has 0 saturated heterocycles. The minimum Gasteiger partial charge on any atom is -0.396 e. The van der Waals surface area contributed by atoms with E-state index in [1.165, 1.54) is 0 Å². The fourth-order valence-electron chi connectivity index (χ4n) is 0.634. The molecule has 0 amide bonds. The maximum atomic E-state index is 11.2. The molecule has 5 heteroatoms. The van der Waals surface area contributed by atoms with Crippen LogP contribution in [0.5, 0.6) is 0 Å². The van der Waals surface area contributed by atoms with E-state index in [4.69, 9.17) is 17.7 Å². The highest BCUT2D eigenvalue weighted by Crippen LogP contribution is 2.35. The van der Waals surface area contributed by atoms with E-state index >= 15 is 0 Å². The Morgan fingerprint density at radius 1 is 1.58 bits per heavy atom. The van der Waals surface area contributed by atoms with Crippen LogP contribution in [0.3, 0.4) is 0 Å². The van der Waals surface area contributed by atoms with Crippen molar-refractivity contribution in [1.29, 1.82) is 0 Å². The van der Waals surface area contributed by atoms with Gasteiger partial charge in [0.15, 0.2) is 0 Å². The lowest BCUT2D eigenvalue weighted by Gasteiger charge is -2.13. The number of rotatable bonds is 6. The molecule has 0 fully saturated rings. The average molecular weight is 190 g/mol. The van der Waals surface area contributed by atoms with Gasteiger partial charge in [0, 0.05) is 6.61 Å². The summed E-state index contributed by atoms with van der Waals surface area (Å²) in [7, 11) is 3.24. The molecule has 0 aliphatic heterocycles. The van der Waals surface area contributed by atoms with Crippen molar-refractivity contribution in [2.45, 2.75) is 6.32 Å². The molecular formula is C7H16BO3P. The zero-order chi connectivity index (χ0) is 9.61. The quantitative estimate of drug-likeness (QED) is 0.497. The highest BCUT2D eigenvalue weighted by atomic mass is 31.2. The first-order valence-corrected chi connectivity index (χ1v) is 6.71. The summed E-state index contributed by atoms with van der Waals surface area (Å²) in [6, 6.07) is 0. The van der Waals surface area contributed by atoms with Crippen LogP contribution in [0, 0.1) is 5.92 Å². The summed E-state index contributed by atoms with van der Waals surface area (Å²) in [5, 5.41) is 8.73. The molecule has 12 heavy (non-hydrogen) atoms. The first kappa shape index (κ1) is 12.2. The van der Waals surface area contributed by atoms with Crippen LogP contribution in [0.15, 0.2) is 0 Å². The van der Waals surface area contributed by atoms with Crippen molar-refractivity contribution in [3.63, 3.8) is 0 Å². The van der Waals surface area contributed by atoms with E-state index in [2.05, 4.69) is 0 Å². The van der Waals surface area contributed by atoms with Crippen LogP contribution in [0.1, 0.15) is 0 Å². The number of hydrogen-bond donors (Lipinski definition) is 1. The third-order valence-electron chi connectivity index (χ3n) is 1.35. The zero-order valence-electron chi connectivity index (χ0n) is 7.69. The van der Waals surface area contributed by atoms with Crippen LogP contribution < -0.4 is 0 Å². The molecule has 0 bridgehead atoms. The Morgan fingerprint density at radius 2 is 2.17 bits per heavy atom. The maximum absolute atomic E-state index is 11.2. The second-order valence-electron chi connectivity index (χ2n) is 3.36. The van der Waals surface area contributed by atoms with Gasteiger partial charge in [-0.25, -0.2) is 0 Å². The van der Waals surface area contributed by atoms with Crippen LogP contribution in [0.2, 0.25) is 6.32 Å². The molecule has 0 spiro atoms. The molecule has 0 rings (SSSR count). The molecule has 0 aliphatic rings. The van der Waals surface area contributed by atoms with E-state index < -0.39 is 7.14 Å². The van der Waals surface area contributed by atoms with Crippen molar-refractivity contribution in [2.24, 2.45) is 5.92 Å². The lowest BCUT2D eigenvalue weighted by molar-refractivity contribution is 0.107. The van der Waals surface area contributed by atoms with Crippen LogP contribution >= 0.6 is 7.14 Å². The molecule has 0 aromatic heterocycles. The molecule has 3 nitrogen and oxygen atoms in total. The van der Waals surface area contributed by atoms with E-state index in [-0.39, 0.29) is 18.9 Å². The number of aliphatic hydroxyl groups is 1. The summed E-state index contributed by atoms with van der Waals surface area (Å²) in [6.45, 7) is 3.75. The molecule has 0 saturated carbocycles. The molecule has 70 valence electrons. The van der Waals surface area contributed by atoms with Crippen molar-refractivity contribution in [3.05, 3.63) is 0 Å². The van der Waals surface area contributed by atoms with E-state index in [1.54, 1.807) is 13.3 Å². The van der Waals surface area contributed by atoms with Gasteiger partial charge in [-0.3, -0.25) is 0 Å². The van der Waals surface area contributed by atoms with Gasteiger partial charge in [0.25, 0.3) is 0 Å². The molecule has 0 heterocycles. The third-order valence-corrected chi connectivity index (χ3v) is 2.15. The topological polar surface area (TPSA) is 46.5 Å². The van der Waals surface area contributed by atoms with Gasteiger partial charge in [0.2, 0.25) is 0 Å². The van der Waals surface area contributed by atoms with Crippen molar-refractivity contribution in [1.82, 2.24) is 0 Å². The number of aliphatic hydroxyl groups excluding tert-OH is 1. The molecule has 2 radical (unpaired) electrons. The van der Waals surface area contributed by atoms with Gasteiger partial charge in [-0.05, 0) is 19.2 Å². The highest BCUT2D eigenvalue weighted by molar-refractivity contribution is 7.62. The summed E-state index contributed by atoms with van der Waals surface area (Å²) >= 11 is 0. The largest absolute Gasteiger partial charge is 0.396 e. The Bertz CT molecular complexity index is 153. The van der Waals surface area contributed by atoms with E-state index in [0.717, 1.165) is 0 Å². The van der Waals surface area contributed by atoms with Crippen molar-refractivity contribution in [3.8, 4) is 0 Å². The van der Waals surface area contributed by atoms with Crippen molar-refractivity contribution in [2.75, 3.05) is 32.9 Å². The Balaban J connectivity index is 3.48. The fraction of sp³-hybridized carbons (Fsp3) is 1.00. The maximum Gasteiger partial charge on any atom is 0.106 e. The first-order valence-electron chi connectivity index (χ1n) is 3.92. The Labute approximate surface area is 75.3 Å².